The van der Waals surface area contributed by atoms with Crippen molar-refractivity contribution in [2.24, 2.45) is 5.92 Å². The van der Waals surface area contributed by atoms with Crippen LogP contribution in [0.4, 0.5) is 0 Å². The molecule has 1 amide bonds. The molecule has 1 unspecified atom stereocenters. The maximum atomic E-state index is 12.4. The Hall–Kier alpha value is -1.35. The maximum absolute atomic E-state index is 12.4. The van der Waals surface area contributed by atoms with Crippen LogP contribution in [0.5, 0.6) is 0 Å². The van der Waals surface area contributed by atoms with Gasteiger partial charge < -0.3 is 10.2 Å². The topological polar surface area (TPSA) is 32.3 Å². The van der Waals surface area contributed by atoms with Crippen molar-refractivity contribution in [3.63, 3.8) is 0 Å². The standard InChI is InChI=1S/C15H22N2O/c1-12-5-3-7-14(9-12)15(18)17-8-4-6-13(11-17)10-16-2/h3,5,7,9,13,16H,4,6,8,10-11H2,1-2H3. The second-order valence-corrected chi connectivity index (χ2v) is 5.19. The smallest absolute Gasteiger partial charge is 0.253 e. The highest BCUT2D eigenvalue weighted by molar-refractivity contribution is 5.94. The second kappa shape index (κ2) is 6.01. The van der Waals surface area contributed by atoms with E-state index in [1.165, 1.54) is 6.42 Å². The molecule has 18 heavy (non-hydrogen) atoms. The van der Waals surface area contributed by atoms with Crippen molar-refractivity contribution in [3.05, 3.63) is 35.4 Å². The summed E-state index contributed by atoms with van der Waals surface area (Å²) in [5.41, 5.74) is 1.96. The molecule has 0 bridgehead atoms. The first-order valence-corrected chi connectivity index (χ1v) is 6.71. The molecule has 3 nitrogen and oxygen atoms in total. The van der Waals surface area contributed by atoms with Crippen molar-refractivity contribution in [1.29, 1.82) is 0 Å². The van der Waals surface area contributed by atoms with Crippen LogP contribution in [0.1, 0.15) is 28.8 Å². The first-order chi connectivity index (χ1) is 8.70. The van der Waals surface area contributed by atoms with Gasteiger partial charge in [0.15, 0.2) is 0 Å². The Morgan fingerprint density at radius 1 is 1.50 bits per heavy atom. The van der Waals surface area contributed by atoms with E-state index in [1.54, 1.807) is 0 Å². The Bertz CT molecular complexity index is 415. The van der Waals surface area contributed by atoms with Crippen LogP contribution in [0.3, 0.4) is 0 Å². The molecule has 0 aromatic heterocycles. The summed E-state index contributed by atoms with van der Waals surface area (Å²) in [6.45, 7) is 4.80. The van der Waals surface area contributed by atoms with E-state index >= 15 is 0 Å². The molecule has 1 aromatic carbocycles. The molecule has 1 atom stereocenters. The van der Waals surface area contributed by atoms with Crippen LogP contribution in [0.2, 0.25) is 0 Å². The number of carbonyl (C=O) groups excluding carboxylic acids is 1. The van der Waals surface area contributed by atoms with Crippen molar-refractivity contribution in [3.8, 4) is 0 Å². The summed E-state index contributed by atoms with van der Waals surface area (Å²) in [7, 11) is 1.97. The molecule has 98 valence electrons. The van der Waals surface area contributed by atoms with Crippen LogP contribution >= 0.6 is 0 Å². The van der Waals surface area contributed by atoms with Gasteiger partial charge >= 0.3 is 0 Å². The first kappa shape index (κ1) is 13.1. The van der Waals surface area contributed by atoms with Gasteiger partial charge in [-0.3, -0.25) is 4.79 Å². The van der Waals surface area contributed by atoms with E-state index in [0.717, 1.165) is 37.2 Å². The number of amides is 1. The van der Waals surface area contributed by atoms with Crippen LogP contribution in [0.15, 0.2) is 24.3 Å². The summed E-state index contributed by atoms with van der Waals surface area (Å²) in [6.07, 6.45) is 2.34. The van der Waals surface area contributed by atoms with Crippen LogP contribution in [-0.4, -0.2) is 37.5 Å². The number of hydrogen-bond acceptors (Lipinski definition) is 2. The molecule has 0 aliphatic carbocycles. The fourth-order valence-corrected chi connectivity index (χ4v) is 2.67. The zero-order valence-electron chi connectivity index (χ0n) is 11.3. The summed E-state index contributed by atoms with van der Waals surface area (Å²) in [5.74, 6) is 0.775. The molecule has 2 rings (SSSR count). The summed E-state index contributed by atoms with van der Waals surface area (Å²) < 4.78 is 0. The minimum Gasteiger partial charge on any atom is -0.338 e. The maximum Gasteiger partial charge on any atom is 0.253 e. The minimum atomic E-state index is 0.180. The molecular weight excluding hydrogens is 224 g/mol. The number of aryl methyl sites for hydroxylation is 1. The predicted octanol–water partition coefficient (Wildman–Crippen LogP) is 2.07. The number of nitrogens with one attached hydrogen (secondary N) is 1. The third kappa shape index (κ3) is 3.10. The SMILES string of the molecule is CNCC1CCCN(C(=O)c2cccc(C)c2)C1. The van der Waals surface area contributed by atoms with Crippen LogP contribution < -0.4 is 5.32 Å². The van der Waals surface area contributed by atoms with E-state index < -0.39 is 0 Å². The largest absolute Gasteiger partial charge is 0.338 e. The highest BCUT2D eigenvalue weighted by Crippen LogP contribution is 2.18. The van der Waals surface area contributed by atoms with E-state index in [4.69, 9.17) is 0 Å². The van der Waals surface area contributed by atoms with Crippen molar-refractivity contribution in [1.82, 2.24) is 10.2 Å². The summed E-state index contributed by atoms with van der Waals surface area (Å²) in [5, 5.41) is 3.21. The molecule has 0 spiro atoms. The molecule has 1 aliphatic rings. The number of likely N-dealkylation sites (tertiary alicyclic amines) is 1. The first-order valence-electron chi connectivity index (χ1n) is 6.71. The molecule has 1 N–H and O–H groups in total. The fraction of sp³-hybridized carbons (Fsp3) is 0.533. The highest BCUT2D eigenvalue weighted by atomic mass is 16.2. The van der Waals surface area contributed by atoms with Gasteiger partial charge in [0.2, 0.25) is 0 Å². The Balaban J connectivity index is 2.04. The molecule has 0 radical (unpaired) electrons. The third-order valence-electron chi connectivity index (χ3n) is 3.56. The van der Waals surface area contributed by atoms with E-state index in [9.17, 15) is 4.79 Å². The summed E-state index contributed by atoms with van der Waals surface area (Å²) in [4.78, 5) is 14.4. The monoisotopic (exact) mass is 246 g/mol. The van der Waals surface area contributed by atoms with Crippen molar-refractivity contribution >= 4 is 5.91 Å². The van der Waals surface area contributed by atoms with E-state index in [1.807, 2.05) is 43.1 Å². The Morgan fingerprint density at radius 3 is 3.06 bits per heavy atom. The van der Waals surface area contributed by atoms with Gasteiger partial charge in [-0.05, 0) is 51.4 Å². The van der Waals surface area contributed by atoms with E-state index in [0.29, 0.717) is 5.92 Å². The van der Waals surface area contributed by atoms with Gasteiger partial charge in [0.05, 0.1) is 0 Å². The third-order valence-corrected chi connectivity index (χ3v) is 3.56. The second-order valence-electron chi connectivity index (χ2n) is 5.19. The van der Waals surface area contributed by atoms with E-state index in [-0.39, 0.29) is 5.91 Å². The van der Waals surface area contributed by atoms with Gasteiger partial charge in [-0.25, -0.2) is 0 Å². The van der Waals surface area contributed by atoms with Gasteiger partial charge in [0.25, 0.3) is 5.91 Å². The normalized spacial score (nSPS) is 19.9. The zero-order chi connectivity index (χ0) is 13.0. The predicted molar refractivity (Wildman–Crippen MR) is 73.7 cm³/mol. The quantitative estimate of drug-likeness (QED) is 0.885. The molecular formula is C15H22N2O. The summed E-state index contributed by atoms with van der Waals surface area (Å²) >= 11 is 0. The minimum absolute atomic E-state index is 0.180. The molecule has 1 heterocycles. The molecule has 1 aromatic rings. The zero-order valence-corrected chi connectivity index (χ0v) is 11.3. The summed E-state index contributed by atoms with van der Waals surface area (Å²) in [6, 6.07) is 7.87. The van der Waals surface area contributed by atoms with Crippen molar-refractivity contribution < 1.29 is 4.79 Å². The van der Waals surface area contributed by atoms with Crippen LogP contribution in [0, 0.1) is 12.8 Å². The van der Waals surface area contributed by atoms with Crippen molar-refractivity contribution in [2.75, 3.05) is 26.7 Å². The molecule has 1 saturated heterocycles. The van der Waals surface area contributed by atoms with Crippen LogP contribution in [0.25, 0.3) is 0 Å². The number of hydrogen-bond donors (Lipinski definition) is 1. The van der Waals surface area contributed by atoms with Gasteiger partial charge in [0.1, 0.15) is 0 Å². The van der Waals surface area contributed by atoms with Gasteiger partial charge in [-0.1, -0.05) is 17.7 Å². The number of carbonyl (C=O) groups is 1. The lowest BCUT2D eigenvalue weighted by molar-refractivity contribution is 0.0674. The lowest BCUT2D eigenvalue weighted by Gasteiger charge is -2.32. The Kier molecular flexibility index (Phi) is 4.37. The number of benzene rings is 1. The van der Waals surface area contributed by atoms with Gasteiger partial charge in [0, 0.05) is 18.7 Å². The molecule has 1 aliphatic heterocycles. The van der Waals surface area contributed by atoms with Crippen molar-refractivity contribution in [2.45, 2.75) is 19.8 Å². The molecule has 0 saturated carbocycles. The Morgan fingerprint density at radius 2 is 2.33 bits per heavy atom. The number of nitrogens with zero attached hydrogens (tertiary/aromatic N) is 1. The van der Waals surface area contributed by atoms with Gasteiger partial charge in [-0.15, -0.1) is 0 Å². The highest BCUT2D eigenvalue weighted by Gasteiger charge is 2.23. The number of rotatable bonds is 3. The average Bonchev–Trinajstić information content (AvgIpc) is 2.39. The average molecular weight is 246 g/mol. The Labute approximate surface area is 109 Å². The van der Waals surface area contributed by atoms with Crippen LogP contribution in [-0.2, 0) is 0 Å². The van der Waals surface area contributed by atoms with E-state index in [2.05, 4.69) is 5.32 Å². The van der Waals surface area contributed by atoms with Gasteiger partial charge in [-0.2, -0.15) is 0 Å². The molecule has 3 heteroatoms. The fourth-order valence-electron chi connectivity index (χ4n) is 2.67. The number of piperidine rings is 1. The lowest BCUT2D eigenvalue weighted by Crippen LogP contribution is -2.42. The lowest BCUT2D eigenvalue weighted by atomic mass is 9.97. The molecule has 1 fully saturated rings.